The van der Waals surface area contributed by atoms with E-state index in [1.54, 1.807) is 0 Å². The highest BCUT2D eigenvalue weighted by atomic mass is 16.3. The lowest BCUT2D eigenvalue weighted by atomic mass is 9.93. The van der Waals surface area contributed by atoms with Crippen molar-refractivity contribution in [2.24, 2.45) is 0 Å². The summed E-state index contributed by atoms with van der Waals surface area (Å²) >= 11 is 0. The van der Waals surface area contributed by atoms with Crippen molar-refractivity contribution in [2.45, 2.75) is 33.6 Å². The van der Waals surface area contributed by atoms with Crippen LogP contribution in [-0.4, -0.2) is 5.11 Å². The Kier molecular flexibility index (Phi) is 2.63. The van der Waals surface area contributed by atoms with Crippen molar-refractivity contribution in [2.75, 3.05) is 0 Å². The van der Waals surface area contributed by atoms with Crippen LogP contribution in [0, 0.1) is 13.8 Å². The molecule has 0 bridgehead atoms. The molecule has 1 heteroatoms. The first-order valence-electron chi connectivity index (χ1n) is 5.73. The zero-order chi connectivity index (χ0) is 11.9. The number of hydrogen-bond acceptors (Lipinski definition) is 1. The van der Waals surface area contributed by atoms with Crippen molar-refractivity contribution in [1.82, 2.24) is 0 Å². The van der Waals surface area contributed by atoms with Crippen molar-refractivity contribution in [1.29, 1.82) is 0 Å². The Labute approximate surface area is 96.7 Å². The third-order valence-corrected chi connectivity index (χ3v) is 3.12. The van der Waals surface area contributed by atoms with E-state index < -0.39 is 0 Å². The fraction of sp³-hybridized carbons (Fsp3) is 0.333. The quantitative estimate of drug-likeness (QED) is 0.751. The van der Waals surface area contributed by atoms with Crippen LogP contribution >= 0.6 is 0 Å². The second kappa shape index (κ2) is 3.82. The Morgan fingerprint density at radius 1 is 1.00 bits per heavy atom. The molecule has 84 valence electrons. The zero-order valence-electron chi connectivity index (χ0n) is 10.3. The van der Waals surface area contributed by atoms with Crippen molar-refractivity contribution >= 4 is 10.8 Å². The maximum atomic E-state index is 10.3. The van der Waals surface area contributed by atoms with Gasteiger partial charge in [0.2, 0.25) is 0 Å². The molecule has 0 atom stereocenters. The van der Waals surface area contributed by atoms with Gasteiger partial charge in [-0.25, -0.2) is 0 Å². The SMILES string of the molecule is Cc1ccc2c(C)cc(C(C)C)c(O)c2c1. The van der Waals surface area contributed by atoms with Crippen LogP contribution in [0.15, 0.2) is 24.3 Å². The summed E-state index contributed by atoms with van der Waals surface area (Å²) in [6.45, 7) is 8.37. The van der Waals surface area contributed by atoms with Crippen molar-refractivity contribution in [3.63, 3.8) is 0 Å². The molecule has 0 radical (unpaired) electrons. The summed E-state index contributed by atoms with van der Waals surface area (Å²) in [4.78, 5) is 0. The smallest absolute Gasteiger partial charge is 0.126 e. The number of aromatic hydroxyl groups is 1. The fourth-order valence-electron chi connectivity index (χ4n) is 2.17. The molecule has 0 amide bonds. The monoisotopic (exact) mass is 214 g/mol. The number of aryl methyl sites for hydroxylation is 2. The average molecular weight is 214 g/mol. The minimum atomic E-state index is 0.351. The molecule has 1 N–H and O–H groups in total. The minimum absolute atomic E-state index is 0.351. The van der Waals surface area contributed by atoms with Gasteiger partial charge in [0.1, 0.15) is 5.75 Å². The predicted molar refractivity (Wildman–Crippen MR) is 69.2 cm³/mol. The summed E-state index contributed by atoms with van der Waals surface area (Å²) in [5.41, 5.74) is 3.45. The summed E-state index contributed by atoms with van der Waals surface area (Å²) in [6.07, 6.45) is 0. The Balaban J connectivity index is 2.86. The Bertz CT molecular complexity index is 539. The van der Waals surface area contributed by atoms with Gasteiger partial charge in [-0.15, -0.1) is 0 Å². The van der Waals surface area contributed by atoms with Gasteiger partial charge in [-0.1, -0.05) is 37.6 Å². The zero-order valence-corrected chi connectivity index (χ0v) is 10.3. The van der Waals surface area contributed by atoms with E-state index in [1.807, 2.05) is 0 Å². The van der Waals surface area contributed by atoms with Gasteiger partial charge in [-0.3, -0.25) is 0 Å². The lowest BCUT2D eigenvalue weighted by molar-refractivity contribution is 0.471. The van der Waals surface area contributed by atoms with Gasteiger partial charge >= 0.3 is 0 Å². The largest absolute Gasteiger partial charge is 0.507 e. The Hall–Kier alpha value is -1.50. The third kappa shape index (κ3) is 1.67. The van der Waals surface area contributed by atoms with Crippen LogP contribution in [-0.2, 0) is 0 Å². The van der Waals surface area contributed by atoms with Gasteiger partial charge in [0.05, 0.1) is 0 Å². The third-order valence-electron chi connectivity index (χ3n) is 3.12. The molecule has 0 aliphatic heterocycles. The summed E-state index contributed by atoms with van der Waals surface area (Å²) in [5.74, 6) is 0.794. The first-order chi connectivity index (χ1) is 7.50. The number of rotatable bonds is 1. The molecule has 2 aromatic carbocycles. The van der Waals surface area contributed by atoms with Crippen LogP contribution in [0.3, 0.4) is 0 Å². The second-order valence-corrected chi connectivity index (χ2v) is 4.84. The minimum Gasteiger partial charge on any atom is -0.507 e. The predicted octanol–water partition coefficient (Wildman–Crippen LogP) is 4.29. The fourth-order valence-corrected chi connectivity index (χ4v) is 2.17. The molecule has 0 aromatic heterocycles. The van der Waals surface area contributed by atoms with Crippen LogP contribution in [0.2, 0.25) is 0 Å². The molecule has 2 aromatic rings. The molecule has 2 rings (SSSR count). The first kappa shape index (κ1) is 11.0. The molecule has 0 heterocycles. The molecule has 16 heavy (non-hydrogen) atoms. The van der Waals surface area contributed by atoms with E-state index in [0.29, 0.717) is 11.7 Å². The van der Waals surface area contributed by atoms with E-state index in [4.69, 9.17) is 0 Å². The number of hydrogen-bond donors (Lipinski definition) is 1. The molecule has 0 spiro atoms. The molecular weight excluding hydrogens is 196 g/mol. The molecule has 0 aliphatic rings. The lowest BCUT2D eigenvalue weighted by Gasteiger charge is -2.13. The Morgan fingerprint density at radius 3 is 2.31 bits per heavy atom. The second-order valence-electron chi connectivity index (χ2n) is 4.84. The van der Waals surface area contributed by atoms with E-state index in [1.165, 1.54) is 11.1 Å². The van der Waals surface area contributed by atoms with Gasteiger partial charge in [-0.2, -0.15) is 0 Å². The number of benzene rings is 2. The highest BCUT2D eigenvalue weighted by Crippen LogP contribution is 2.35. The molecule has 0 fully saturated rings. The van der Waals surface area contributed by atoms with Crippen LogP contribution in [0.5, 0.6) is 5.75 Å². The maximum Gasteiger partial charge on any atom is 0.126 e. The summed E-state index contributed by atoms with van der Waals surface area (Å²) < 4.78 is 0. The van der Waals surface area contributed by atoms with Gasteiger partial charge in [0.15, 0.2) is 0 Å². The highest BCUT2D eigenvalue weighted by molar-refractivity contribution is 5.92. The molecule has 0 unspecified atom stereocenters. The van der Waals surface area contributed by atoms with Crippen molar-refractivity contribution in [3.8, 4) is 5.75 Å². The summed E-state index contributed by atoms with van der Waals surface area (Å²) in [6, 6.07) is 8.33. The summed E-state index contributed by atoms with van der Waals surface area (Å²) in [7, 11) is 0. The lowest BCUT2D eigenvalue weighted by Crippen LogP contribution is -1.92. The van der Waals surface area contributed by atoms with E-state index in [-0.39, 0.29) is 0 Å². The Morgan fingerprint density at radius 2 is 1.69 bits per heavy atom. The molecule has 0 saturated carbocycles. The molecule has 0 aliphatic carbocycles. The summed E-state index contributed by atoms with van der Waals surface area (Å²) in [5, 5.41) is 12.4. The standard InChI is InChI=1S/C15H18O/c1-9(2)13-8-11(4)12-6-5-10(3)7-14(12)15(13)16/h5-9,16H,1-4H3. The highest BCUT2D eigenvalue weighted by Gasteiger charge is 2.11. The van der Waals surface area contributed by atoms with Crippen molar-refractivity contribution in [3.05, 3.63) is 41.0 Å². The van der Waals surface area contributed by atoms with E-state index in [2.05, 4.69) is 52.0 Å². The molecular formula is C15H18O. The van der Waals surface area contributed by atoms with Crippen LogP contribution in [0.25, 0.3) is 10.8 Å². The van der Waals surface area contributed by atoms with Gasteiger partial charge in [0, 0.05) is 5.39 Å². The van der Waals surface area contributed by atoms with Gasteiger partial charge in [-0.05, 0) is 42.3 Å². The average Bonchev–Trinajstić information content (AvgIpc) is 2.22. The van der Waals surface area contributed by atoms with Gasteiger partial charge < -0.3 is 5.11 Å². The van der Waals surface area contributed by atoms with E-state index >= 15 is 0 Å². The molecule has 1 nitrogen and oxygen atoms in total. The number of phenols is 1. The first-order valence-corrected chi connectivity index (χ1v) is 5.73. The van der Waals surface area contributed by atoms with Crippen LogP contribution in [0.4, 0.5) is 0 Å². The van der Waals surface area contributed by atoms with E-state index in [0.717, 1.165) is 16.3 Å². The van der Waals surface area contributed by atoms with Crippen molar-refractivity contribution < 1.29 is 5.11 Å². The van der Waals surface area contributed by atoms with Crippen LogP contribution < -0.4 is 0 Å². The van der Waals surface area contributed by atoms with Gasteiger partial charge in [0.25, 0.3) is 0 Å². The van der Waals surface area contributed by atoms with Crippen LogP contribution in [0.1, 0.15) is 36.5 Å². The maximum absolute atomic E-state index is 10.3. The topological polar surface area (TPSA) is 20.2 Å². The van der Waals surface area contributed by atoms with E-state index in [9.17, 15) is 5.11 Å². The number of phenolic OH excluding ortho intramolecular Hbond substituents is 1. The molecule has 0 saturated heterocycles. The normalized spacial score (nSPS) is 11.3. The number of fused-ring (bicyclic) bond motifs is 1.